The maximum Gasteiger partial charge on any atom is 0.305 e. The molecule has 0 saturated carbocycles. The number of ether oxygens (including phenoxy) is 1. The van der Waals surface area contributed by atoms with Gasteiger partial charge in [0.2, 0.25) is 10.0 Å². The molecular formula is C22H27NO4S. The number of hydrogen-bond donors (Lipinski definition) is 0. The summed E-state index contributed by atoms with van der Waals surface area (Å²) in [6.07, 6.45) is 2.27. The second kappa shape index (κ2) is 8.88. The maximum atomic E-state index is 13.3. The molecule has 28 heavy (non-hydrogen) atoms. The first-order valence-corrected chi connectivity index (χ1v) is 11.0. The predicted octanol–water partition coefficient (Wildman–Crippen LogP) is 3.57. The predicted molar refractivity (Wildman–Crippen MR) is 108 cm³/mol. The van der Waals surface area contributed by atoms with Crippen molar-refractivity contribution < 1.29 is 17.9 Å². The average molecular weight is 402 g/mol. The number of rotatable bonds is 6. The van der Waals surface area contributed by atoms with Crippen LogP contribution >= 0.6 is 0 Å². The second-order valence-electron chi connectivity index (χ2n) is 7.44. The first-order valence-electron chi connectivity index (χ1n) is 9.59. The molecule has 2 atom stereocenters. The first kappa shape index (κ1) is 20.6. The van der Waals surface area contributed by atoms with Crippen LogP contribution in [0.2, 0.25) is 0 Å². The Morgan fingerprint density at radius 2 is 1.79 bits per heavy atom. The van der Waals surface area contributed by atoms with Crippen LogP contribution in [0.5, 0.6) is 0 Å². The molecule has 2 aromatic rings. The SMILES string of the molecule is COC(=O)C[C@H]1CCN(S(=O)(=O)c2ccc(C)cc2)[C@@H](Cc2ccccc2)C1. The van der Waals surface area contributed by atoms with Gasteiger partial charge in [0.25, 0.3) is 0 Å². The third kappa shape index (κ3) is 4.80. The van der Waals surface area contributed by atoms with Crippen LogP contribution in [0.4, 0.5) is 0 Å². The van der Waals surface area contributed by atoms with Crippen molar-refractivity contribution in [2.24, 2.45) is 5.92 Å². The molecule has 0 unspecified atom stereocenters. The third-order valence-corrected chi connectivity index (χ3v) is 7.36. The Morgan fingerprint density at radius 3 is 2.43 bits per heavy atom. The number of carbonyl (C=O) groups excluding carboxylic acids is 1. The van der Waals surface area contributed by atoms with E-state index in [1.165, 1.54) is 7.11 Å². The van der Waals surface area contributed by atoms with E-state index in [2.05, 4.69) is 0 Å². The number of methoxy groups -OCH3 is 1. The Labute approximate surface area is 167 Å². The molecule has 1 aliphatic rings. The van der Waals surface area contributed by atoms with Crippen LogP contribution in [0.3, 0.4) is 0 Å². The van der Waals surface area contributed by atoms with Crippen LogP contribution in [-0.4, -0.2) is 38.4 Å². The third-order valence-electron chi connectivity index (χ3n) is 5.40. The van der Waals surface area contributed by atoms with Crippen molar-refractivity contribution in [1.82, 2.24) is 4.31 Å². The van der Waals surface area contributed by atoms with Gasteiger partial charge >= 0.3 is 5.97 Å². The minimum atomic E-state index is -3.59. The van der Waals surface area contributed by atoms with E-state index in [-0.39, 0.29) is 17.9 Å². The summed E-state index contributed by atoms with van der Waals surface area (Å²) in [5.74, 6) is -0.107. The zero-order chi connectivity index (χ0) is 20.1. The lowest BCUT2D eigenvalue weighted by Crippen LogP contribution is -2.47. The zero-order valence-electron chi connectivity index (χ0n) is 16.4. The molecule has 0 spiro atoms. The maximum absolute atomic E-state index is 13.3. The number of carbonyl (C=O) groups is 1. The van der Waals surface area contributed by atoms with E-state index in [1.54, 1.807) is 16.4 Å². The molecule has 3 rings (SSSR count). The van der Waals surface area contributed by atoms with E-state index in [0.29, 0.717) is 37.1 Å². The molecule has 0 aromatic heterocycles. The molecule has 150 valence electrons. The summed E-state index contributed by atoms with van der Waals surface area (Å²) in [5.41, 5.74) is 2.12. The van der Waals surface area contributed by atoms with E-state index >= 15 is 0 Å². The lowest BCUT2D eigenvalue weighted by molar-refractivity contribution is -0.142. The van der Waals surface area contributed by atoms with Crippen molar-refractivity contribution in [2.75, 3.05) is 13.7 Å². The largest absolute Gasteiger partial charge is 0.469 e. The van der Waals surface area contributed by atoms with E-state index in [9.17, 15) is 13.2 Å². The minimum absolute atomic E-state index is 0.130. The smallest absolute Gasteiger partial charge is 0.305 e. The molecule has 2 aromatic carbocycles. The van der Waals surface area contributed by atoms with Gasteiger partial charge in [0.05, 0.1) is 12.0 Å². The summed E-state index contributed by atoms with van der Waals surface area (Å²) in [6, 6.07) is 16.7. The fraction of sp³-hybridized carbons (Fsp3) is 0.409. The summed E-state index contributed by atoms with van der Waals surface area (Å²) in [5, 5.41) is 0. The van der Waals surface area contributed by atoms with Gasteiger partial charge in [-0.3, -0.25) is 4.79 Å². The van der Waals surface area contributed by atoms with Crippen molar-refractivity contribution in [3.8, 4) is 0 Å². The number of sulfonamides is 1. The molecule has 0 radical (unpaired) electrons. The van der Waals surface area contributed by atoms with Crippen LogP contribution in [0, 0.1) is 12.8 Å². The summed E-state index contributed by atoms with van der Waals surface area (Å²) in [7, 11) is -2.20. The van der Waals surface area contributed by atoms with Crippen LogP contribution in [0.25, 0.3) is 0 Å². The quantitative estimate of drug-likeness (QED) is 0.694. The first-order chi connectivity index (χ1) is 13.4. The molecule has 0 aliphatic carbocycles. The van der Waals surface area contributed by atoms with Crippen LogP contribution in [0.1, 0.15) is 30.4 Å². The molecule has 1 aliphatic heterocycles. The Morgan fingerprint density at radius 1 is 1.11 bits per heavy atom. The van der Waals surface area contributed by atoms with Crippen LogP contribution in [-0.2, 0) is 26.0 Å². The molecule has 0 amide bonds. The van der Waals surface area contributed by atoms with Crippen molar-refractivity contribution >= 4 is 16.0 Å². The molecule has 5 nitrogen and oxygen atoms in total. The van der Waals surface area contributed by atoms with Crippen LogP contribution < -0.4 is 0 Å². The van der Waals surface area contributed by atoms with E-state index in [1.807, 2.05) is 49.4 Å². The van der Waals surface area contributed by atoms with Gasteiger partial charge in [-0.2, -0.15) is 4.31 Å². The summed E-state index contributed by atoms with van der Waals surface area (Å²) in [6.45, 7) is 2.35. The summed E-state index contributed by atoms with van der Waals surface area (Å²) < 4.78 is 33.1. The molecule has 1 heterocycles. The molecule has 1 saturated heterocycles. The second-order valence-corrected chi connectivity index (χ2v) is 9.33. The van der Waals surface area contributed by atoms with Gasteiger partial charge in [-0.15, -0.1) is 0 Å². The number of esters is 1. The normalized spacial score (nSPS) is 20.6. The van der Waals surface area contributed by atoms with Crippen molar-refractivity contribution in [1.29, 1.82) is 0 Å². The molecule has 0 N–H and O–H groups in total. The van der Waals surface area contributed by atoms with Gasteiger partial charge in [-0.25, -0.2) is 8.42 Å². The van der Waals surface area contributed by atoms with Gasteiger partial charge in [0, 0.05) is 19.0 Å². The highest BCUT2D eigenvalue weighted by molar-refractivity contribution is 7.89. The summed E-state index contributed by atoms with van der Waals surface area (Å²) in [4.78, 5) is 12.0. The van der Waals surface area contributed by atoms with Crippen molar-refractivity contribution in [3.63, 3.8) is 0 Å². The minimum Gasteiger partial charge on any atom is -0.469 e. The van der Waals surface area contributed by atoms with E-state index < -0.39 is 10.0 Å². The molecule has 0 bridgehead atoms. The van der Waals surface area contributed by atoms with E-state index in [0.717, 1.165) is 11.1 Å². The topological polar surface area (TPSA) is 63.7 Å². The Balaban J connectivity index is 1.86. The number of hydrogen-bond acceptors (Lipinski definition) is 4. The Kier molecular flexibility index (Phi) is 6.52. The Bertz CT molecular complexity index is 894. The fourth-order valence-corrected chi connectivity index (χ4v) is 5.50. The van der Waals surface area contributed by atoms with Crippen LogP contribution in [0.15, 0.2) is 59.5 Å². The number of benzene rings is 2. The number of nitrogens with zero attached hydrogens (tertiary/aromatic N) is 1. The van der Waals surface area contributed by atoms with Crippen molar-refractivity contribution in [2.45, 2.75) is 43.5 Å². The molecule has 1 fully saturated rings. The highest BCUT2D eigenvalue weighted by atomic mass is 32.2. The van der Waals surface area contributed by atoms with Gasteiger partial charge in [-0.05, 0) is 49.8 Å². The average Bonchev–Trinajstić information content (AvgIpc) is 2.69. The van der Waals surface area contributed by atoms with Gasteiger partial charge in [0.15, 0.2) is 0 Å². The molecular weight excluding hydrogens is 374 g/mol. The fourth-order valence-electron chi connectivity index (χ4n) is 3.85. The highest BCUT2D eigenvalue weighted by Crippen LogP contribution is 2.32. The lowest BCUT2D eigenvalue weighted by Gasteiger charge is -2.38. The zero-order valence-corrected chi connectivity index (χ0v) is 17.2. The van der Waals surface area contributed by atoms with Crippen molar-refractivity contribution in [3.05, 3.63) is 65.7 Å². The van der Waals surface area contributed by atoms with Gasteiger partial charge < -0.3 is 4.74 Å². The Hall–Kier alpha value is -2.18. The highest BCUT2D eigenvalue weighted by Gasteiger charge is 2.37. The standard InChI is InChI=1S/C22H27NO4S/c1-17-8-10-21(11-9-17)28(25,26)23-13-12-19(16-22(24)27-2)15-20(23)14-18-6-4-3-5-7-18/h3-11,19-20H,12-16H2,1-2H3/t19-,20-/m0/s1. The van der Waals surface area contributed by atoms with Gasteiger partial charge in [0.1, 0.15) is 0 Å². The van der Waals surface area contributed by atoms with Gasteiger partial charge in [-0.1, -0.05) is 48.0 Å². The monoisotopic (exact) mass is 401 g/mol. The summed E-state index contributed by atoms with van der Waals surface area (Å²) >= 11 is 0. The number of piperidine rings is 1. The lowest BCUT2D eigenvalue weighted by atomic mass is 9.87. The van der Waals surface area contributed by atoms with E-state index in [4.69, 9.17) is 4.74 Å². The number of aryl methyl sites for hydroxylation is 1. The molecule has 6 heteroatoms.